The van der Waals surface area contributed by atoms with Crippen LogP contribution in [-0.2, 0) is 4.79 Å². The number of amides is 1. The quantitative estimate of drug-likeness (QED) is 0.459. The fraction of sp³-hybridized carbons (Fsp3) is 0.700. The lowest BCUT2D eigenvalue weighted by atomic mass is 10.3. The summed E-state index contributed by atoms with van der Waals surface area (Å²) in [6, 6.07) is 0. The van der Waals surface area contributed by atoms with Crippen molar-refractivity contribution < 1.29 is 4.79 Å². The minimum atomic E-state index is 0.130. The number of carbonyl (C=O) groups is 1. The molecule has 0 spiro atoms. The highest BCUT2D eigenvalue weighted by Crippen LogP contribution is 1.82. The molecule has 3 heteroatoms. The topological polar surface area (TPSA) is 41.1 Å². The van der Waals surface area contributed by atoms with Crippen LogP contribution >= 0.6 is 0 Å². The van der Waals surface area contributed by atoms with Crippen molar-refractivity contribution in [2.24, 2.45) is 0 Å². The zero-order chi connectivity index (χ0) is 9.94. The molecule has 3 nitrogen and oxygen atoms in total. The third kappa shape index (κ3) is 9.08. The molecule has 13 heavy (non-hydrogen) atoms. The normalized spacial score (nSPS) is 10.6. The van der Waals surface area contributed by atoms with Gasteiger partial charge in [0.2, 0.25) is 5.91 Å². The van der Waals surface area contributed by atoms with Gasteiger partial charge in [-0.1, -0.05) is 19.1 Å². The molecule has 0 saturated carbocycles. The zero-order valence-electron chi connectivity index (χ0n) is 8.60. The summed E-state index contributed by atoms with van der Waals surface area (Å²) in [4.78, 5) is 11.1. The Morgan fingerprint density at radius 3 is 2.77 bits per heavy atom. The van der Waals surface area contributed by atoms with Gasteiger partial charge in [0.1, 0.15) is 0 Å². The van der Waals surface area contributed by atoms with E-state index in [1.165, 1.54) is 0 Å². The van der Waals surface area contributed by atoms with Crippen molar-refractivity contribution in [2.45, 2.75) is 26.7 Å². The highest BCUT2D eigenvalue weighted by Gasteiger charge is 1.97. The molecular weight excluding hydrogens is 164 g/mol. The van der Waals surface area contributed by atoms with Crippen molar-refractivity contribution in [3.05, 3.63) is 12.2 Å². The first-order chi connectivity index (χ1) is 6.31. The van der Waals surface area contributed by atoms with Crippen LogP contribution in [0.1, 0.15) is 26.7 Å². The third-order valence-corrected chi connectivity index (χ3v) is 1.65. The molecule has 0 fully saturated rings. The predicted octanol–water partition coefficient (Wildman–Crippen LogP) is 1.07. The van der Waals surface area contributed by atoms with E-state index in [1.54, 1.807) is 0 Å². The summed E-state index contributed by atoms with van der Waals surface area (Å²) in [5, 5.41) is 5.95. The Kier molecular flexibility index (Phi) is 8.67. The highest BCUT2D eigenvalue weighted by atomic mass is 16.1. The maximum atomic E-state index is 11.1. The van der Waals surface area contributed by atoms with Crippen molar-refractivity contribution in [1.82, 2.24) is 10.6 Å². The standard InChI is InChI=1S/C10H20N2O/c1-3-5-6-8-12-10(13)7-9-11-4-2/h3,5,11H,4,6-9H2,1-2H3,(H,12,13)/b5-3+. The lowest BCUT2D eigenvalue weighted by Crippen LogP contribution is -2.28. The van der Waals surface area contributed by atoms with Crippen molar-refractivity contribution >= 4 is 5.91 Å². The van der Waals surface area contributed by atoms with Gasteiger partial charge < -0.3 is 10.6 Å². The smallest absolute Gasteiger partial charge is 0.221 e. The molecule has 0 aliphatic rings. The monoisotopic (exact) mass is 184 g/mol. The molecule has 0 heterocycles. The van der Waals surface area contributed by atoms with E-state index in [4.69, 9.17) is 0 Å². The Labute approximate surface area is 80.6 Å². The Hall–Kier alpha value is -0.830. The molecule has 0 unspecified atom stereocenters. The third-order valence-electron chi connectivity index (χ3n) is 1.65. The van der Waals surface area contributed by atoms with Crippen LogP contribution in [0, 0.1) is 0 Å². The van der Waals surface area contributed by atoms with Crippen LogP contribution in [0.2, 0.25) is 0 Å². The largest absolute Gasteiger partial charge is 0.356 e. The average Bonchev–Trinajstić information content (AvgIpc) is 2.13. The fourth-order valence-corrected chi connectivity index (χ4v) is 0.929. The van der Waals surface area contributed by atoms with Gasteiger partial charge in [-0.2, -0.15) is 0 Å². The summed E-state index contributed by atoms with van der Waals surface area (Å²) >= 11 is 0. The minimum absolute atomic E-state index is 0.130. The molecule has 0 aromatic rings. The Balaban J connectivity index is 3.20. The van der Waals surface area contributed by atoms with E-state index < -0.39 is 0 Å². The second-order valence-corrected chi connectivity index (χ2v) is 2.81. The van der Waals surface area contributed by atoms with Crippen LogP contribution in [0.4, 0.5) is 0 Å². The van der Waals surface area contributed by atoms with E-state index in [2.05, 4.69) is 10.6 Å². The summed E-state index contributed by atoms with van der Waals surface area (Å²) in [6.45, 7) is 6.45. The van der Waals surface area contributed by atoms with Crippen molar-refractivity contribution in [3.63, 3.8) is 0 Å². The molecule has 0 aliphatic heterocycles. The van der Waals surface area contributed by atoms with Crippen LogP contribution in [0.3, 0.4) is 0 Å². The predicted molar refractivity (Wildman–Crippen MR) is 55.6 cm³/mol. The van der Waals surface area contributed by atoms with Gasteiger partial charge in [0.15, 0.2) is 0 Å². The molecule has 1 amide bonds. The van der Waals surface area contributed by atoms with Crippen molar-refractivity contribution in [1.29, 1.82) is 0 Å². The fourth-order valence-electron chi connectivity index (χ4n) is 0.929. The van der Waals surface area contributed by atoms with E-state index in [9.17, 15) is 4.79 Å². The lowest BCUT2D eigenvalue weighted by Gasteiger charge is -2.03. The molecule has 76 valence electrons. The van der Waals surface area contributed by atoms with Gasteiger partial charge in [-0.25, -0.2) is 0 Å². The summed E-state index contributed by atoms with van der Waals surface area (Å²) in [6.07, 6.45) is 5.53. The van der Waals surface area contributed by atoms with E-state index in [1.807, 2.05) is 26.0 Å². The van der Waals surface area contributed by atoms with E-state index in [0.717, 1.165) is 26.1 Å². The van der Waals surface area contributed by atoms with Crippen molar-refractivity contribution in [3.8, 4) is 0 Å². The second-order valence-electron chi connectivity index (χ2n) is 2.81. The van der Waals surface area contributed by atoms with Gasteiger partial charge in [0.25, 0.3) is 0 Å². The molecule has 0 bridgehead atoms. The Bertz CT molecular complexity index is 155. The number of rotatable bonds is 7. The SMILES string of the molecule is C/C=C/CCNC(=O)CCNCC. The van der Waals surface area contributed by atoms with E-state index >= 15 is 0 Å². The molecule has 2 N–H and O–H groups in total. The first kappa shape index (κ1) is 12.2. The summed E-state index contributed by atoms with van der Waals surface area (Å²) in [7, 11) is 0. The van der Waals surface area contributed by atoms with Gasteiger partial charge >= 0.3 is 0 Å². The molecule has 0 radical (unpaired) electrons. The molecule has 0 aromatic heterocycles. The van der Waals surface area contributed by atoms with Gasteiger partial charge in [-0.3, -0.25) is 4.79 Å². The van der Waals surface area contributed by atoms with Crippen LogP contribution in [-0.4, -0.2) is 25.5 Å². The van der Waals surface area contributed by atoms with Crippen LogP contribution < -0.4 is 10.6 Å². The average molecular weight is 184 g/mol. The Morgan fingerprint density at radius 1 is 1.38 bits per heavy atom. The maximum absolute atomic E-state index is 11.1. The lowest BCUT2D eigenvalue weighted by molar-refractivity contribution is -0.120. The highest BCUT2D eigenvalue weighted by molar-refractivity contribution is 5.75. The molecule has 0 rings (SSSR count). The van der Waals surface area contributed by atoms with Gasteiger partial charge in [0, 0.05) is 19.5 Å². The first-order valence-corrected chi connectivity index (χ1v) is 4.89. The molecule has 0 aromatic carbocycles. The molecule has 0 atom stereocenters. The van der Waals surface area contributed by atoms with Gasteiger partial charge in [0.05, 0.1) is 0 Å². The van der Waals surface area contributed by atoms with Gasteiger partial charge in [-0.05, 0) is 19.9 Å². The summed E-state index contributed by atoms with van der Waals surface area (Å²) < 4.78 is 0. The molecular formula is C10H20N2O. The maximum Gasteiger partial charge on any atom is 0.221 e. The van der Waals surface area contributed by atoms with Gasteiger partial charge in [-0.15, -0.1) is 0 Å². The first-order valence-electron chi connectivity index (χ1n) is 4.89. The van der Waals surface area contributed by atoms with Crippen LogP contribution in [0.15, 0.2) is 12.2 Å². The van der Waals surface area contributed by atoms with E-state index in [0.29, 0.717) is 6.42 Å². The second kappa shape index (κ2) is 9.26. The number of allylic oxidation sites excluding steroid dienone is 1. The number of hydrogen-bond donors (Lipinski definition) is 2. The van der Waals surface area contributed by atoms with Crippen LogP contribution in [0.25, 0.3) is 0 Å². The van der Waals surface area contributed by atoms with Crippen molar-refractivity contribution in [2.75, 3.05) is 19.6 Å². The number of carbonyl (C=O) groups excluding carboxylic acids is 1. The zero-order valence-corrected chi connectivity index (χ0v) is 8.60. The summed E-state index contributed by atoms with van der Waals surface area (Å²) in [5.74, 6) is 0.130. The number of nitrogens with one attached hydrogen (secondary N) is 2. The molecule has 0 aliphatic carbocycles. The van der Waals surface area contributed by atoms with E-state index in [-0.39, 0.29) is 5.91 Å². The minimum Gasteiger partial charge on any atom is -0.356 e. The van der Waals surface area contributed by atoms with Crippen LogP contribution in [0.5, 0.6) is 0 Å². The summed E-state index contributed by atoms with van der Waals surface area (Å²) in [5.41, 5.74) is 0. The number of hydrogen-bond acceptors (Lipinski definition) is 2. The molecule has 0 saturated heterocycles. The Morgan fingerprint density at radius 2 is 2.15 bits per heavy atom.